The van der Waals surface area contributed by atoms with Crippen molar-refractivity contribution in [1.82, 2.24) is 15.1 Å². The second-order valence-electron chi connectivity index (χ2n) is 11.1. The molecule has 1 fully saturated rings. The van der Waals surface area contributed by atoms with E-state index in [0.29, 0.717) is 53.9 Å². The minimum absolute atomic E-state index is 0.119. The topological polar surface area (TPSA) is 119 Å². The predicted molar refractivity (Wildman–Crippen MR) is 155 cm³/mol. The molecular formula is C31H40N4O6. The predicted octanol–water partition coefficient (Wildman–Crippen LogP) is 4.16. The smallest absolute Gasteiger partial charge is 0.407 e. The Morgan fingerprint density at radius 3 is 2.54 bits per heavy atom. The molecule has 1 unspecified atom stereocenters. The van der Waals surface area contributed by atoms with Crippen molar-refractivity contribution in [1.29, 1.82) is 0 Å². The van der Waals surface area contributed by atoms with E-state index < -0.39 is 11.7 Å². The Labute approximate surface area is 241 Å². The number of anilines is 1. The first kappa shape index (κ1) is 29.9. The number of carbonyl (C=O) groups is 4. The lowest BCUT2D eigenvalue weighted by atomic mass is 9.91. The highest BCUT2D eigenvalue weighted by molar-refractivity contribution is 6.05. The van der Waals surface area contributed by atoms with Crippen LogP contribution in [0.3, 0.4) is 0 Å². The van der Waals surface area contributed by atoms with Crippen LogP contribution in [-0.4, -0.2) is 77.0 Å². The van der Waals surface area contributed by atoms with Crippen LogP contribution in [0.2, 0.25) is 0 Å². The summed E-state index contributed by atoms with van der Waals surface area (Å²) in [5.74, 6) is -0.167. The number of benzene rings is 2. The summed E-state index contributed by atoms with van der Waals surface area (Å²) in [6.07, 6.45) is 0.726. The highest BCUT2D eigenvalue weighted by Crippen LogP contribution is 2.43. The Kier molecular flexibility index (Phi) is 8.89. The van der Waals surface area contributed by atoms with E-state index in [1.807, 2.05) is 51.1 Å². The maximum absolute atomic E-state index is 14.1. The second-order valence-corrected chi connectivity index (χ2v) is 11.1. The molecule has 2 atom stereocenters. The monoisotopic (exact) mass is 564 g/mol. The second kappa shape index (κ2) is 12.2. The summed E-state index contributed by atoms with van der Waals surface area (Å²) in [4.78, 5) is 56.5. The van der Waals surface area contributed by atoms with Crippen LogP contribution in [0.15, 0.2) is 42.5 Å². The number of amides is 4. The number of ether oxygens (including phenoxy) is 1. The molecule has 0 aromatic heterocycles. The Hall–Kier alpha value is -4.08. The summed E-state index contributed by atoms with van der Waals surface area (Å²) < 4.78 is 6.40. The van der Waals surface area contributed by atoms with Gasteiger partial charge in [0.15, 0.2) is 0 Å². The number of nitrogens with zero attached hydrogens (tertiary/aromatic N) is 3. The van der Waals surface area contributed by atoms with E-state index in [1.54, 1.807) is 35.8 Å². The fourth-order valence-electron chi connectivity index (χ4n) is 5.73. The van der Waals surface area contributed by atoms with Crippen LogP contribution in [0.4, 0.5) is 10.5 Å². The molecule has 2 aromatic rings. The van der Waals surface area contributed by atoms with E-state index in [-0.39, 0.29) is 49.4 Å². The molecule has 2 aliphatic rings. The number of carboxylic acid groups (broad SMARTS) is 1. The van der Waals surface area contributed by atoms with Crippen molar-refractivity contribution in [3.8, 4) is 5.75 Å². The van der Waals surface area contributed by atoms with Crippen molar-refractivity contribution in [2.45, 2.75) is 71.6 Å². The van der Waals surface area contributed by atoms with Crippen molar-refractivity contribution in [3.63, 3.8) is 0 Å². The molecule has 0 aliphatic carbocycles. The van der Waals surface area contributed by atoms with Gasteiger partial charge in [-0.25, -0.2) is 4.79 Å². The zero-order valence-electron chi connectivity index (χ0n) is 24.5. The molecule has 10 nitrogen and oxygen atoms in total. The molecule has 0 spiro atoms. The van der Waals surface area contributed by atoms with Crippen LogP contribution >= 0.6 is 0 Å². The van der Waals surface area contributed by atoms with E-state index in [4.69, 9.17) is 4.74 Å². The lowest BCUT2D eigenvalue weighted by Gasteiger charge is -2.42. The minimum Gasteiger partial charge on any atom is -0.471 e. The summed E-state index contributed by atoms with van der Waals surface area (Å²) in [6, 6.07) is 12.3. The maximum atomic E-state index is 14.1. The van der Waals surface area contributed by atoms with Gasteiger partial charge in [0.05, 0.1) is 11.7 Å². The SMILES string of the molecule is CCC(=O)NCCN1C(=O)C(C)(c2ccccc2)Oc2cc(C)c(C(=O)N(C(C)C)[C@@H]3CCCN(C(=O)O)C3)cc21. The number of hydrogen-bond donors (Lipinski definition) is 2. The number of piperidine rings is 1. The first-order valence-electron chi connectivity index (χ1n) is 14.3. The van der Waals surface area contributed by atoms with Gasteiger partial charge in [0.1, 0.15) is 5.75 Å². The van der Waals surface area contributed by atoms with E-state index in [0.717, 1.165) is 0 Å². The van der Waals surface area contributed by atoms with Crippen LogP contribution in [0.1, 0.15) is 68.4 Å². The average molecular weight is 565 g/mol. The minimum atomic E-state index is -1.30. The molecular weight excluding hydrogens is 524 g/mol. The van der Waals surface area contributed by atoms with Gasteiger partial charge in [-0.05, 0) is 58.2 Å². The summed E-state index contributed by atoms with van der Waals surface area (Å²) in [7, 11) is 0. The lowest BCUT2D eigenvalue weighted by Crippen LogP contribution is -2.54. The van der Waals surface area contributed by atoms with Crippen molar-refractivity contribution < 1.29 is 29.0 Å². The van der Waals surface area contributed by atoms with Crippen LogP contribution in [0, 0.1) is 6.92 Å². The number of rotatable bonds is 8. The zero-order chi connectivity index (χ0) is 29.9. The Morgan fingerprint density at radius 2 is 1.90 bits per heavy atom. The molecule has 1 saturated heterocycles. The summed E-state index contributed by atoms with van der Waals surface area (Å²) in [6.45, 7) is 10.3. The number of nitrogens with one attached hydrogen (secondary N) is 1. The number of aryl methyl sites for hydroxylation is 1. The Morgan fingerprint density at radius 1 is 1.20 bits per heavy atom. The van der Waals surface area contributed by atoms with Gasteiger partial charge in [-0.15, -0.1) is 0 Å². The maximum Gasteiger partial charge on any atom is 0.407 e. The molecule has 10 heteroatoms. The molecule has 220 valence electrons. The first-order valence-corrected chi connectivity index (χ1v) is 14.3. The largest absolute Gasteiger partial charge is 0.471 e. The number of hydrogen-bond acceptors (Lipinski definition) is 5. The highest BCUT2D eigenvalue weighted by Gasteiger charge is 2.46. The van der Waals surface area contributed by atoms with Gasteiger partial charge in [-0.2, -0.15) is 0 Å². The summed E-state index contributed by atoms with van der Waals surface area (Å²) in [5, 5.41) is 12.4. The zero-order valence-corrected chi connectivity index (χ0v) is 24.5. The van der Waals surface area contributed by atoms with E-state index in [2.05, 4.69) is 5.32 Å². The number of fused-ring (bicyclic) bond motifs is 1. The van der Waals surface area contributed by atoms with Crippen molar-refractivity contribution >= 4 is 29.5 Å². The van der Waals surface area contributed by atoms with Crippen LogP contribution in [0.25, 0.3) is 0 Å². The van der Waals surface area contributed by atoms with Gasteiger partial charge in [-0.3, -0.25) is 14.4 Å². The molecule has 41 heavy (non-hydrogen) atoms. The van der Waals surface area contributed by atoms with E-state index in [9.17, 15) is 24.3 Å². The average Bonchev–Trinajstić information content (AvgIpc) is 2.95. The Balaban J connectivity index is 1.74. The first-order chi connectivity index (χ1) is 19.5. The molecule has 0 saturated carbocycles. The molecule has 0 radical (unpaired) electrons. The molecule has 2 aliphatic heterocycles. The normalized spacial score (nSPS) is 20.3. The fraction of sp³-hybridized carbons (Fsp3) is 0.484. The van der Waals surface area contributed by atoms with Gasteiger partial charge < -0.3 is 29.9 Å². The molecule has 2 N–H and O–H groups in total. The standard InChI is InChI=1S/C31H40N4O6/c1-6-27(36)32-14-16-34-25-18-24(28(37)35(20(2)3)23-13-10-15-33(19-23)30(39)40)21(4)17-26(25)41-31(5,29(34)38)22-11-8-7-9-12-22/h7-9,11-12,17-18,20,23H,6,10,13-16,19H2,1-5H3,(H,32,36)(H,39,40)/t23-,31?/m1/s1. The van der Waals surface area contributed by atoms with Crippen LogP contribution in [0.5, 0.6) is 5.75 Å². The van der Waals surface area contributed by atoms with Gasteiger partial charge in [0, 0.05) is 49.8 Å². The molecule has 2 aromatic carbocycles. The van der Waals surface area contributed by atoms with Gasteiger partial charge in [-0.1, -0.05) is 37.3 Å². The van der Waals surface area contributed by atoms with Gasteiger partial charge in [0.25, 0.3) is 11.8 Å². The van der Waals surface area contributed by atoms with Crippen molar-refractivity contribution in [2.24, 2.45) is 0 Å². The number of likely N-dealkylation sites (tertiary alicyclic amines) is 1. The molecule has 0 bridgehead atoms. The van der Waals surface area contributed by atoms with E-state index in [1.165, 1.54) is 4.90 Å². The third-order valence-corrected chi connectivity index (χ3v) is 7.95. The van der Waals surface area contributed by atoms with Crippen molar-refractivity contribution in [3.05, 3.63) is 59.2 Å². The lowest BCUT2D eigenvalue weighted by molar-refractivity contribution is -0.135. The van der Waals surface area contributed by atoms with Crippen molar-refractivity contribution in [2.75, 3.05) is 31.1 Å². The molecule has 4 rings (SSSR count). The van der Waals surface area contributed by atoms with E-state index >= 15 is 0 Å². The van der Waals surface area contributed by atoms with Crippen LogP contribution in [-0.2, 0) is 15.2 Å². The quantitative estimate of drug-likeness (QED) is 0.497. The summed E-state index contributed by atoms with van der Waals surface area (Å²) in [5.41, 5.74) is 0.972. The molecule has 2 heterocycles. The Bertz CT molecular complexity index is 1310. The third-order valence-electron chi connectivity index (χ3n) is 7.95. The summed E-state index contributed by atoms with van der Waals surface area (Å²) >= 11 is 0. The van der Waals surface area contributed by atoms with Crippen LogP contribution < -0.4 is 15.0 Å². The third kappa shape index (κ3) is 6.01. The van der Waals surface area contributed by atoms with Gasteiger partial charge >= 0.3 is 6.09 Å². The van der Waals surface area contributed by atoms with Gasteiger partial charge in [0.2, 0.25) is 11.5 Å². The molecule has 4 amide bonds. The number of carbonyl (C=O) groups excluding carboxylic acids is 3. The fourth-order valence-corrected chi connectivity index (χ4v) is 5.73. The highest BCUT2D eigenvalue weighted by atomic mass is 16.5.